The standard InChI is InChI=1S/C11H19N3O/c1-8-3-5-10(6-4-8)12-7-11-13-9(2)15-14-11/h8,10,12H,3-7H2,1-2H3. The lowest BCUT2D eigenvalue weighted by atomic mass is 9.87. The summed E-state index contributed by atoms with van der Waals surface area (Å²) in [4.78, 5) is 4.17. The van der Waals surface area contributed by atoms with E-state index in [1.165, 1.54) is 25.7 Å². The highest BCUT2D eigenvalue weighted by Crippen LogP contribution is 2.23. The first-order valence-corrected chi connectivity index (χ1v) is 5.76. The predicted molar refractivity (Wildman–Crippen MR) is 57.3 cm³/mol. The summed E-state index contributed by atoms with van der Waals surface area (Å²) in [5.41, 5.74) is 0. The summed E-state index contributed by atoms with van der Waals surface area (Å²) in [6, 6.07) is 0.639. The Balaban J connectivity index is 1.74. The van der Waals surface area contributed by atoms with Crippen LogP contribution in [-0.4, -0.2) is 16.2 Å². The second kappa shape index (κ2) is 4.75. The van der Waals surface area contributed by atoms with Crippen LogP contribution in [0.1, 0.15) is 44.3 Å². The summed E-state index contributed by atoms with van der Waals surface area (Å²) in [6.45, 7) is 4.88. The van der Waals surface area contributed by atoms with Gasteiger partial charge in [0.15, 0.2) is 5.82 Å². The molecule has 0 atom stereocenters. The summed E-state index contributed by atoms with van der Waals surface area (Å²) in [6.07, 6.45) is 5.22. The highest BCUT2D eigenvalue weighted by molar-refractivity contribution is 4.85. The van der Waals surface area contributed by atoms with Gasteiger partial charge in [-0.25, -0.2) is 0 Å². The molecule has 0 aliphatic heterocycles. The van der Waals surface area contributed by atoms with Gasteiger partial charge in [0.25, 0.3) is 0 Å². The van der Waals surface area contributed by atoms with Crippen LogP contribution in [0.25, 0.3) is 0 Å². The van der Waals surface area contributed by atoms with E-state index in [4.69, 9.17) is 4.52 Å². The molecule has 15 heavy (non-hydrogen) atoms. The third-order valence-corrected chi connectivity index (χ3v) is 3.13. The van der Waals surface area contributed by atoms with Gasteiger partial charge in [-0.1, -0.05) is 12.1 Å². The molecule has 0 spiro atoms. The van der Waals surface area contributed by atoms with E-state index in [2.05, 4.69) is 22.4 Å². The second-order valence-corrected chi connectivity index (χ2v) is 4.57. The van der Waals surface area contributed by atoms with Crippen molar-refractivity contribution in [2.75, 3.05) is 0 Å². The normalized spacial score (nSPS) is 26.8. The van der Waals surface area contributed by atoms with Crippen LogP contribution in [0.2, 0.25) is 0 Å². The molecule has 1 fully saturated rings. The predicted octanol–water partition coefficient (Wildman–Crippen LogP) is 2.05. The zero-order chi connectivity index (χ0) is 10.7. The van der Waals surface area contributed by atoms with E-state index >= 15 is 0 Å². The molecule has 1 aliphatic carbocycles. The Morgan fingerprint density at radius 3 is 2.67 bits per heavy atom. The number of rotatable bonds is 3. The van der Waals surface area contributed by atoms with Gasteiger partial charge < -0.3 is 9.84 Å². The summed E-state index contributed by atoms with van der Waals surface area (Å²) in [5, 5.41) is 7.35. The van der Waals surface area contributed by atoms with Crippen LogP contribution in [0.3, 0.4) is 0 Å². The maximum Gasteiger partial charge on any atom is 0.223 e. The number of nitrogens with one attached hydrogen (secondary N) is 1. The van der Waals surface area contributed by atoms with Crippen LogP contribution in [0.5, 0.6) is 0 Å². The number of aryl methyl sites for hydroxylation is 1. The summed E-state index contributed by atoms with van der Waals surface area (Å²) in [5.74, 6) is 2.31. The molecule has 1 N–H and O–H groups in total. The van der Waals surface area contributed by atoms with Gasteiger partial charge in [-0.05, 0) is 31.6 Å². The highest BCUT2D eigenvalue weighted by atomic mass is 16.5. The molecule has 2 rings (SSSR count). The van der Waals surface area contributed by atoms with Gasteiger partial charge in [-0.15, -0.1) is 0 Å². The molecular formula is C11H19N3O. The SMILES string of the molecule is Cc1nc(CNC2CCC(C)CC2)no1. The first-order valence-electron chi connectivity index (χ1n) is 5.76. The fourth-order valence-electron chi connectivity index (χ4n) is 2.11. The molecule has 0 amide bonds. The fraction of sp³-hybridized carbons (Fsp3) is 0.818. The van der Waals surface area contributed by atoms with E-state index in [1.54, 1.807) is 0 Å². The van der Waals surface area contributed by atoms with E-state index in [9.17, 15) is 0 Å². The van der Waals surface area contributed by atoms with Crippen molar-refractivity contribution in [1.29, 1.82) is 0 Å². The zero-order valence-electron chi connectivity index (χ0n) is 9.49. The quantitative estimate of drug-likeness (QED) is 0.827. The van der Waals surface area contributed by atoms with Crippen molar-refractivity contribution < 1.29 is 4.52 Å². The Bertz CT molecular complexity index is 303. The van der Waals surface area contributed by atoms with E-state index in [-0.39, 0.29) is 0 Å². The fourth-order valence-corrected chi connectivity index (χ4v) is 2.11. The molecular weight excluding hydrogens is 190 g/mol. The molecule has 84 valence electrons. The van der Waals surface area contributed by atoms with Crippen molar-refractivity contribution in [3.05, 3.63) is 11.7 Å². The number of hydrogen-bond acceptors (Lipinski definition) is 4. The molecule has 1 aliphatic rings. The van der Waals surface area contributed by atoms with Crippen LogP contribution in [0, 0.1) is 12.8 Å². The van der Waals surface area contributed by atoms with Crippen LogP contribution >= 0.6 is 0 Å². The average molecular weight is 209 g/mol. The molecule has 4 heteroatoms. The van der Waals surface area contributed by atoms with E-state index in [0.717, 1.165) is 18.3 Å². The third-order valence-electron chi connectivity index (χ3n) is 3.13. The lowest BCUT2D eigenvalue weighted by Crippen LogP contribution is -2.32. The van der Waals surface area contributed by atoms with E-state index < -0.39 is 0 Å². The van der Waals surface area contributed by atoms with Crippen molar-refractivity contribution in [2.24, 2.45) is 5.92 Å². The molecule has 1 heterocycles. The van der Waals surface area contributed by atoms with Gasteiger partial charge in [-0.2, -0.15) is 4.98 Å². The number of nitrogens with zero attached hydrogens (tertiary/aromatic N) is 2. The second-order valence-electron chi connectivity index (χ2n) is 4.57. The first kappa shape index (κ1) is 10.6. The monoisotopic (exact) mass is 209 g/mol. The summed E-state index contributed by atoms with van der Waals surface area (Å²) in [7, 11) is 0. The number of aromatic nitrogens is 2. The van der Waals surface area contributed by atoms with E-state index in [1.807, 2.05) is 6.92 Å². The largest absolute Gasteiger partial charge is 0.340 e. The molecule has 0 unspecified atom stereocenters. The molecule has 1 saturated carbocycles. The van der Waals surface area contributed by atoms with Crippen molar-refractivity contribution in [3.8, 4) is 0 Å². The smallest absolute Gasteiger partial charge is 0.223 e. The number of hydrogen-bond donors (Lipinski definition) is 1. The van der Waals surface area contributed by atoms with Crippen molar-refractivity contribution in [2.45, 2.75) is 52.1 Å². The Kier molecular flexibility index (Phi) is 3.36. The van der Waals surface area contributed by atoms with Gasteiger partial charge in [0, 0.05) is 13.0 Å². The Morgan fingerprint density at radius 2 is 2.07 bits per heavy atom. The molecule has 0 saturated heterocycles. The van der Waals surface area contributed by atoms with Crippen molar-refractivity contribution in [3.63, 3.8) is 0 Å². The average Bonchev–Trinajstić information content (AvgIpc) is 2.64. The van der Waals surface area contributed by atoms with Gasteiger partial charge in [-0.3, -0.25) is 0 Å². The minimum absolute atomic E-state index is 0.639. The van der Waals surface area contributed by atoms with Gasteiger partial charge in [0.1, 0.15) is 0 Å². The molecule has 1 aromatic rings. The van der Waals surface area contributed by atoms with Crippen LogP contribution in [-0.2, 0) is 6.54 Å². The first-order chi connectivity index (χ1) is 7.24. The molecule has 1 aromatic heterocycles. The minimum Gasteiger partial charge on any atom is -0.340 e. The highest BCUT2D eigenvalue weighted by Gasteiger charge is 2.17. The lowest BCUT2D eigenvalue weighted by Gasteiger charge is -2.26. The third kappa shape index (κ3) is 3.02. The van der Waals surface area contributed by atoms with Crippen LogP contribution < -0.4 is 5.32 Å². The van der Waals surface area contributed by atoms with Crippen LogP contribution in [0.15, 0.2) is 4.52 Å². The van der Waals surface area contributed by atoms with Crippen molar-refractivity contribution >= 4 is 0 Å². The molecule has 0 radical (unpaired) electrons. The molecule has 0 bridgehead atoms. The molecule has 4 nitrogen and oxygen atoms in total. The summed E-state index contributed by atoms with van der Waals surface area (Å²) >= 11 is 0. The Morgan fingerprint density at radius 1 is 1.33 bits per heavy atom. The van der Waals surface area contributed by atoms with Gasteiger partial charge >= 0.3 is 0 Å². The van der Waals surface area contributed by atoms with Gasteiger partial charge in [0.05, 0.1) is 6.54 Å². The topological polar surface area (TPSA) is 51.0 Å². The van der Waals surface area contributed by atoms with Crippen molar-refractivity contribution in [1.82, 2.24) is 15.5 Å². The van der Waals surface area contributed by atoms with E-state index in [0.29, 0.717) is 11.9 Å². The summed E-state index contributed by atoms with van der Waals surface area (Å²) < 4.78 is 4.92. The Hall–Kier alpha value is -0.900. The van der Waals surface area contributed by atoms with Gasteiger partial charge in [0.2, 0.25) is 5.89 Å². The van der Waals surface area contributed by atoms with Crippen LogP contribution in [0.4, 0.5) is 0 Å². The maximum atomic E-state index is 4.92. The molecule has 0 aromatic carbocycles. The zero-order valence-corrected chi connectivity index (χ0v) is 9.49. The minimum atomic E-state index is 0.639. The lowest BCUT2D eigenvalue weighted by molar-refractivity contribution is 0.303. The Labute approximate surface area is 90.4 Å². The maximum absolute atomic E-state index is 4.92.